The molecule has 0 aliphatic carbocycles. The third-order valence-corrected chi connectivity index (χ3v) is 5.35. The fourth-order valence-electron chi connectivity index (χ4n) is 3.70. The van der Waals surface area contributed by atoms with Gasteiger partial charge in [-0.05, 0) is 74.4 Å². The zero-order valence-electron chi connectivity index (χ0n) is 15.9. The Morgan fingerprint density at radius 3 is 2.12 bits per heavy atom. The predicted octanol–water partition coefficient (Wildman–Crippen LogP) is 5.54. The Balaban J connectivity index is 0.00000243. The van der Waals surface area contributed by atoms with Crippen LogP contribution in [0.3, 0.4) is 0 Å². The second-order valence-corrected chi connectivity index (χ2v) is 7.32. The second kappa shape index (κ2) is 10.6. The van der Waals surface area contributed by atoms with Crippen LogP contribution in [0.4, 0.5) is 0 Å². The lowest BCUT2D eigenvalue weighted by Gasteiger charge is -2.26. The van der Waals surface area contributed by atoms with E-state index in [1.807, 2.05) is 6.07 Å². The summed E-state index contributed by atoms with van der Waals surface area (Å²) in [4.78, 5) is 2.46. The number of hydrogen-bond acceptors (Lipinski definition) is 2. The molecule has 26 heavy (non-hydrogen) atoms. The minimum atomic E-state index is 0. The third-order valence-electron chi connectivity index (χ3n) is 5.35. The van der Waals surface area contributed by atoms with Gasteiger partial charge in [0.2, 0.25) is 0 Å². The van der Waals surface area contributed by atoms with Crippen molar-refractivity contribution in [3.05, 3.63) is 64.7 Å². The molecule has 0 bridgehead atoms. The van der Waals surface area contributed by atoms with Crippen molar-refractivity contribution >= 4 is 12.4 Å². The summed E-state index contributed by atoms with van der Waals surface area (Å²) >= 11 is 0. The molecule has 0 saturated carbocycles. The van der Waals surface area contributed by atoms with Gasteiger partial charge in [-0.2, -0.15) is 0 Å². The van der Waals surface area contributed by atoms with Crippen molar-refractivity contribution in [1.82, 2.24) is 4.90 Å². The molecule has 1 aliphatic rings. The average molecular weight is 374 g/mol. The van der Waals surface area contributed by atoms with Crippen LogP contribution in [0.1, 0.15) is 54.9 Å². The Kier molecular flexibility index (Phi) is 8.47. The highest BCUT2D eigenvalue weighted by molar-refractivity contribution is 5.85. The number of benzene rings is 2. The smallest absolute Gasteiger partial charge is 0.120 e. The van der Waals surface area contributed by atoms with Crippen LogP contribution in [0.15, 0.2) is 42.5 Å². The molecule has 2 nitrogen and oxygen atoms in total. The van der Waals surface area contributed by atoms with Crippen molar-refractivity contribution in [2.45, 2.75) is 58.4 Å². The molecule has 0 radical (unpaired) electrons. The van der Waals surface area contributed by atoms with Gasteiger partial charge in [-0.25, -0.2) is 0 Å². The number of aromatic hydroxyl groups is 1. The zero-order chi connectivity index (χ0) is 17.5. The molecular formula is C23H32ClNO. The predicted molar refractivity (Wildman–Crippen MR) is 112 cm³/mol. The average Bonchev–Trinajstić information content (AvgIpc) is 2.65. The van der Waals surface area contributed by atoms with Crippen molar-refractivity contribution in [1.29, 1.82) is 0 Å². The minimum absolute atomic E-state index is 0. The van der Waals surface area contributed by atoms with Gasteiger partial charge in [-0.15, -0.1) is 12.4 Å². The van der Waals surface area contributed by atoms with Crippen LogP contribution in [0.2, 0.25) is 0 Å². The number of likely N-dealkylation sites (tertiary alicyclic amines) is 1. The molecule has 3 heteroatoms. The van der Waals surface area contributed by atoms with Gasteiger partial charge in [0.05, 0.1) is 0 Å². The zero-order valence-corrected chi connectivity index (χ0v) is 16.7. The van der Waals surface area contributed by atoms with Crippen LogP contribution in [0, 0.1) is 0 Å². The van der Waals surface area contributed by atoms with E-state index in [9.17, 15) is 5.11 Å². The van der Waals surface area contributed by atoms with Gasteiger partial charge in [0, 0.05) is 12.1 Å². The second-order valence-electron chi connectivity index (χ2n) is 7.32. The standard InChI is InChI=1S/C23H31NO.ClH/c1-2-19-9-11-20(12-10-19)7-6-8-21-13-14-22(23(25)17-21)18-24-15-4-3-5-16-24;/h9-14,17,25H,2-8,15-16,18H2,1H3;1H. The quantitative estimate of drug-likeness (QED) is 0.688. The molecule has 1 heterocycles. The molecule has 1 aliphatic heterocycles. The Morgan fingerprint density at radius 1 is 0.846 bits per heavy atom. The van der Waals surface area contributed by atoms with E-state index in [2.05, 4.69) is 48.2 Å². The van der Waals surface area contributed by atoms with Crippen LogP contribution in [-0.2, 0) is 25.8 Å². The summed E-state index contributed by atoms with van der Waals surface area (Å²) in [7, 11) is 0. The highest BCUT2D eigenvalue weighted by Gasteiger charge is 2.12. The molecule has 1 fully saturated rings. The van der Waals surface area contributed by atoms with Gasteiger partial charge in [0.25, 0.3) is 0 Å². The lowest BCUT2D eigenvalue weighted by molar-refractivity contribution is 0.218. The summed E-state index contributed by atoms with van der Waals surface area (Å²) in [5.41, 5.74) is 5.12. The molecule has 2 aromatic rings. The Bertz CT molecular complexity index is 662. The van der Waals surface area contributed by atoms with E-state index in [-0.39, 0.29) is 12.4 Å². The van der Waals surface area contributed by atoms with E-state index >= 15 is 0 Å². The highest BCUT2D eigenvalue weighted by atomic mass is 35.5. The van der Waals surface area contributed by atoms with E-state index in [0.717, 1.165) is 50.9 Å². The van der Waals surface area contributed by atoms with Gasteiger partial charge in [0.1, 0.15) is 5.75 Å². The number of phenols is 1. The molecule has 2 aromatic carbocycles. The fourth-order valence-corrected chi connectivity index (χ4v) is 3.70. The number of hydrogen-bond donors (Lipinski definition) is 1. The van der Waals surface area contributed by atoms with Crippen molar-refractivity contribution in [2.75, 3.05) is 13.1 Å². The molecule has 3 rings (SSSR count). The molecule has 0 atom stereocenters. The van der Waals surface area contributed by atoms with E-state index in [4.69, 9.17) is 0 Å². The van der Waals surface area contributed by atoms with Crippen LogP contribution in [0.25, 0.3) is 0 Å². The van der Waals surface area contributed by atoms with E-state index in [1.165, 1.54) is 36.0 Å². The lowest BCUT2D eigenvalue weighted by atomic mass is 10.0. The number of aryl methyl sites for hydroxylation is 3. The third kappa shape index (κ3) is 6.03. The first-order chi connectivity index (χ1) is 12.2. The Hall–Kier alpha value is -1.51. The number of phenolic OH excluding ortho intramolecular Hbond substituents is 1. The largest absolute Gasteiger partial charge is 0.508 e. The Labute approximate surface area is 164 Å². The lowest BCUT2D eigenvalue weighted by Crippen LogP contribution is -2.29. The topological polar surface area (TPSA) is 23.5 Å². The van der Waals surface area contributed by atoms with Gasteiger partial charge < -0.3 is 5.11 Å². The summed E-state index contributed by atoms with van der Waals surface area (Å²) in [6.07, 6.45) is 8.27. The van der Waals surface area contributed by atoms with Gasteiger partial charge in [-0.3, -0.25) is 4.90 Å². The van der Waals surface area contributed by atoms with Gasteiger partial charge in [-0.1, -0.05) is 49.7 Å². The maximum atomic E-state index is 10.4. The van der Waals surface area contributed by atoms with E-state index in [0.29, 0.717) is 5.75 Å². The van der Waals surface area contributed by atoms with Crippen molar-refractivity contribution in [3.8, 4) is 5.75 Å². The van der Waals surface area contributed by atoms with Crippen LogP contribution in [0.5, 0.6) is 5.75 Å². The SMILES string of the molecule is CCc1ccc(CCCc2ccc(CN3CCCCC3)c(O)c2)cc1.Cl. The maximum absolute atomic E-state index is 10.4. The normalized spacial score (nSPS) is 14.8. The van der Waals surface area contributed by atoms with Gasteiger partial charge in [0.15, 0.2) is 0 Å². The van der Waals surface area contributed by atoms with Crippen LogP contribution < -0.4 is 0 Å². The van der Waals surface area contributed by atoms with Crippen molar-refractivity contribution in [2.24, 2.45) is 0 Å². The van der Waals surface area contributed by atoms with Crippen molar-refractivity contribution < 1.29 is 5.11 Å². The summed E-state index contributed by atoms with van der Waals surface area (Å²) in [5.74, 6) is 0.468. The molecule has 0 spiro atoms. The maximum Gasteiger partial charge on any atom is 0.120 e. The summed E-state index contributed by atoms with van der Waals surface area (Å²) in [6.45, 7) is 5.41. The first kappa shape index (κ1) is 20.8. The van der Waals surface area contributed by atoms with Crippen LogP contribution in [-0.4, -0.2) is 23.1 Å². The minimum Gasteiger partial charge on any atom is -0.508 e. The first-order valence-corrected chi connectivity index (χ1v) is 9.85. The van der Waals surface area contributed by atoms with E-state index in [1.54, 1.807) is 0 Å². The monoisotopic (exact) mass is 373 g/mol. The van der Waals surface area contributed by atoms with Crippen LogP contribution >= 0.6 is 12.4 Å². The van der Waals surface area contributed by atoms with E-state index < -0.39 is 0 Å². The molecule has 142 valence electrons. The number of halogens is 1. The van der Waals surface area contributed by atoms with Gasteiger partial charge >= 0.3 is 0 Å². The molecule has 0 amide bonds. The number of nitrogens with zero attached hydrogens (tertiary/aromatic N) is 1. The van der Waals surface area contributed by atoms with Crippen molar-refractivity contribution in [3.63, 3.8) is 0 Å². The molecular weight excluding hydrogens is 342 g/mol. The fraction of sp³-hybridized carbons (Fsp3) is 0.478. The highest BCUT2D eigenvalue weighted by Crippen LogP contribution is 2.23. The molecule has 1 saturated heterocycles. The Morgan fingerprint density at radius 2 is 1.46 bits per heavy atom. The molecule has 0 unspecified atom stereocenters. The number of piperidine rings is 1. The summed E-state index contributed by atoms with van der Waals surface area (Å²) < 4.78 is 0. The number of rotatable bonds is 7. The molecule has 0 aromatic heterocycles. The molecule has 1 N–H and O–H groups in total. The summed E-state index contributed by atoms with van der Waals surface area (Å²) in [6, 6.07) is 15.2. The summed E-state index contributed by atoms with van der Waals surface area (Å²) in [5, 5.41) is 10.4. The first-order valence-electron chi connectivity index (χ1n) is 9.85.